The van der Waals surface area contributed by atoms with Crippen LogP contribution in [0.4, 0.5) is 10.1 Å². The highest BCUT2D eigenvalue weighted by atomic mass is 35.5. The van der Waals surface area contributed by atoms with Gasteiger partial charge in [-0.2, -0.15) is 0 Å². The maximum atomic E-state index is 13.0. The van der Waals surface area contributed by atoms with Gasteiger partial charge in [0.15, 0.2) is 0 Å². The first-order valence-corrected chi connectivity index (χ1v) is 4.06. The molecule has 1 heterocycles. The maximum absolute atomic E-state index is 13.0. The van der Waals surface area contributed by atoms with E-state index in [1.807, 2.05) is 0 Å². The monoisotopic (exact) mass is 196 g/mol. The molecule has 13 heavy (non-hydrogen) atoms. The van der Waals surface area contributed by atoms with Crippen LogP contribution in [0.5, 0.6) is 0 Å². The highest BCUT2D eigenvalue weighted by Gasteiger charge is 2.02. The molecule has 2 rings (SSSR count). The average Bonchev–Trinajstić information content (AvgIpc) is 2.08. The van der Waals surface area contributed by atoms with Crippen molar-refractivity contribution in [1.82, 2.24) is 4.98 Å². The summed E-state index contributed by atoms with van der Waals surface area (Å²) in [7, 11) is 0. The van der Waals surface area contributed by atoms with E-state index in [1.165, 1.54) is 12.1 Å². The summed E-state index contributed by atoms with van der Waals surface area (Å²) >= 11 is 5.67. The number of halogens is 2. The van der Waals surface area contributed by atoms with Gasteiger partial charge < -0.3 is 5.73 Å². The van der Waals surface area contributed by atoms with Crippen molar-refractivity contribution in [3.8, 4) is 0 Å². The Morgan fingerprint density at radius 2 is 2.08 bits per heavy atom. The van der Waals surface area contributed by atoms with E-state index in [2.05, 4.69) is 4.98 Å². The molecule has 0 saturated carbocycles. The number of nitrogens with two attached hydrogens (primary N) is 1. The molecule has 0 aliphatic carbocycles. The van der Waals surface area contributed by atoms with Crippen molar-refractivity contribution in [3.05, 3.63) is 35.2 Å². The number of hydrogen-bond acceptors (Lipinski definition) is 2. The Morgan fingerprint density at radius 1 is 1.31 bits per heavy atom. The Bertz CT molecular complexity index is 470. The zero-order valence-electron chi connectivity index (χ0n) is 6.59. The SMILES string of the molecule is Nc1cc2nc(Cl)ccc2cc1F. The van der Waals surface area contributed by atoms with Gasteiger partial charge in [-0.3, -0.25) is 0 Å². The Kier molecular flexibility index (Phi) is 1.81. The predicted octanol–water partition coefficient (Wildman–Crippen LogP) is 2.61. The van der Waals surface area contributed by atoms with Gasteiger partial charge in [-0.05, 0) is 24.3 Å². The van der Waals surface area contributed by atoms with Crippen LogP contribution in [0.3, 0.4) is 0 Å². The topological polar surface area (TPSA) is 38.9 Å². The molecule has 0 amide bonds. The third kappa shape index (κ3) is 1.42. The summed E-state index contributed by atoms with van der Waals surface area (Å²) in [5.41, 5.74) is 6.07. The highest BCUT2D eigenvalue weighted by Crippen LogP contribution is 2.20. The number of nitrogens with zero attached hydrogens (tertiary/aromatic N) is 1. The Balaban J connectivity index is 2.81. The Hall–Kier alpha value is -1.35. The molecular weight excluding hydrogens is 191 g/mol. The molecule has 4 heteroatoms. The van der Waals surface area contributed by atoms with Crippen molar-refractivity contribution in [2.75, 3.05) is 5.73 Å². The first kappa shape index (κ1) is 8.26. The van der Waals surface area contributed by atoms with Crippen LogP contribution in [0.2, 0.25) is 5.15 Å². The maximum Gasteiger partial charge on any atom is 0.146 e. The molecule has 66 valence electrons. The van der Waals surface area contributed by atoms with E-state index < -0.39 is 5.82 Å². The first-order valence-electron chi connectivity index (χ1n) is 3.68. The van der Waals surface area contributed by atoms with Crippen LogP contribution in [0.25, 0.3) is 10.9 Å². The lowest BCUT2D eigenvalue weighted by atomic mass is 10.2. The second kappa shape index (κ2) is 2.85. The van der Waals surface area contributed by atoms with Gasteiger partial charge in [-0.25, -0.2) is 9.37 Å². The lowest BCUT2D eigenvalue weighted by Gasteiger charge is -2.00. The molecule has 0 saturated heterocycles. The molecule has 0 unspecified atom stereocenters. The minimum atomic E-state index is -0.434. The number of hydrogen-bond donors (Lipinski definition) is 1. The van der Waals surface area contributed by atoms with Gasteiger partial charge in [-0.1, -0.05) is 11.6 Å². The van der Waals surface area contributed by atoms with E-state index in [9.17, 15) is 4.39 Å². The fraction of sp³-hybridized carbons (Fsp3) is 0. The molecule has 0 atom stereocenters. The Labute approximate surface area is 79.1 Å². The Morgan fingerprint density at radius 3 is 2.85 bits per heavy atom. The minimum absolute atomic E-state index is 0.0854. The van der Waals surface area contributed by atoms with E-state index in [1.54, 1.807) is 12.1 Å². The summed E-state index contributed by atoms with van der Waals surface area (Å²) in [5, 5.41) is 1.06. The third-order valence-corrected chi connectivity index (χ3v) is 1.98. The van der Waals surface area contributed by atoms with Gasteiger partial charge in [0, 0.05) is 5.39 Å². The van der Waals surface area contributed by atoms with Gasteiger partial charge in [0.25, 0.3) is 0 Å². The molecule has 0 aliphatic rings. The van der Waals surface area contributed by atoms with E-state index in [0.29, 0.717) is 16.1 Å². The van der Waals surface area contributed by atoms with Crippen molar-refractivity contribution in [3.63, 3.8) is 0 Å². The zero-order chi connectivity index (χ0) is 9.42. The fourth-order valence-corrected chi connectivity index (χ4v) is 1.29. The summed E-state index contributed by atoms with van der Waals surface area (Å²) in [6.45, 7) is 0. The van der Waals surface area contributed by atoms with Crippen LogP contribution in [-0.2, 0) is 0 Å². The van der Waals surface area contributed by atoms with Crippen molar-refractivity contribution in [2.24, 2.45) is 0 Å². The molecule has 0 spiro atoms. The van der Waals surface area contributed by atoms with E-state index in [-0.39, 0.29) is 5.69 Å². The highest BCUT2D eigenvalue weighted by molar-refractivity contribution is 6.29. The van der Waals surface area contributed by atoms with E-state index in [0.717, 1.165) is 0 Å². The number of anilines is 1. The van der Waals surface area contributed by atoms with E-state index >= 15 is 0 Å². The van der Waals surface area contributed by atoms with Crippen LogP contribution >= 0.6 is 11.6 Å². The van der Waals surface area contributed by atoms with Crippen LogP contribution in [0.15, 0.2) is 24.3 Å². The van der Waals surface area contributed by atoms with Crippen LogP contribution < -0.4 is 5.73 Å². The zero-order valence-corrected chi connectivity index (χ0v) is 7.35. The fourth-order valence-electron chi connectivity index (χ4n) is 1.13. The number of nitrogen functional groups attached to an aromatic ring is 1. The molecule has 1 aromatic heterocycles. The lowest BCUT2D eigenvalue weighted by Crippen LogP contribution is -1.91. The van der Waals surface area contributed by atoms with Crippen LogP contribution in [0, 0.1) is 5.82 Å². The second-order valence-electron chi connectivity index (χ2n) is 2.70. The smallest absolute Gasteiger partial charge is 0.146 e. The van der Waals surface area contributed by atoms with Crippen molar-refractivity contribution in [2.45, 2.75) is 0 Å². The van der Waals surface area contributed by atoms with Crippen LogP contribution in [0.1, 0.15) is 0 Å². The number of aromatic nitrogens is 1. The molecule has 0 bridgehead atoms. The first-order chi connectivity index (χ1) is 6.16. The van der Waals surface area contributed by atoms with Gasteiger partial charge in [0.2, 0.25) is 0 Å². The van der Waals surface area contributed by atoms with Gasteiger partial charge in [0.1, 0.15) is 11.0 Å². The summed E-state index contributed by atoms with van der Waals surface area (Å²) in [6, 6.07) is 6.12. The number of pyridine rings is 1. The molecule has 2 nitrogen and oxygen atoms in total. The van der Waals surface area contributed by atoms with Gasteiger partial charge in [0.05, 0.1) is 11.2 Å². The number of fused-ring (bicyclic) bond motifs is 1. The van der Waals surface area contributed by atoms with Gasteiger partial charge in [-0.15, -0.1) is 0 Å². The molecule has 0 radical (unpaired) electrons. The van der Waals surface area contributed by atoms with Gasteiger partial charge >= 0.3 is 0 Å². The quantitative estimate of drug-likeness (QED) is 0.520. The molecule has 2 N–H and O–H groups in total. The average molecular weight is 197 g/mol. The number of benzene rings is 1. The van der Waals surface area contributed by atoms with Crippen molar-refractivity contribution in [1.29, 1.82) is 0 Å². The summed E-state index contributed by atoms with van der Waals surface area (Å²) in [4.78, 5) is 4.00. The van der Waals surface area contributed by atoms with Crippen LogP contribution in [-0.4, -0.2) is 4.98 Å². The summed E-state index contributed by atoms with van der Waals surface area (Å²) < 4.78 is 13.0. The second-order valence-corrected chi connectivity index (χ2v) is 3.09. The molecule has 1 aromatic carbocycles. The predicted molar refractivity (Wildman–Crippen MR) is 51.1 cm³/mol. The summed E-state index contributed by atoms with van der Waals surface area (Å²) in [6.07, 6.45) is 0. The van der Waals surface area contributed by atoms with Crippen molar-refractivity contribution < 1.29 is 4.39 Å². The normalized spacial score (nSPS) is 10.6. The lowest BCUT2D eigenvalue weighted by molar-refractivity contribution is 0.634. The number of rotatable bonds is 0. The molecule has 0 aliphatic heterocycles. The largest absolute Gasteiger partial charge is 0.396 e. The minimum Gasteiger partial charge on any atom is -0.396 e. The third-order valence-electron chi connectivity index (χ3n) is 1.77. The molecule has 0 fully saturated rings. The van der Waals surface area contributed by atoms with E-state index in [4.69, 9.17) is 17.3 Å². The standard InChI is InChI=1S/C9H6ClFN2/c10-9-2-1-5-3-6(11)7(12)4-8(5)13-9/h1-4H,12H2. The summed E-state index contributed by atoms with van der Waals surface area (Å²) in [5.74, 6) is -0.434. The molecule has 2 aromatic rings. The molecular formula is C9H6ClFN2. The van der Waals surface area contributed by atoms with Crippen molar-refractivity contribution >= 4 is 28.2 Å².